The van der Waals surface area contributed by atoms with E-state index in [0.717, 1.165) is 16.9 Å². The van der Waals surface area contributed by atoms with Crippen molar-refractivity contribution in [1.29, 1.82) is 0 Å². The molecule has 1 N–H and O–H groups in total. The highest BCUT2D eigenvalue weighted by molar-refractivity contribution is 5.92. The standard InChI is InChI=1S/C19H21N5O/c1-15(16-8-10-18(11-9-16)24-14-20-13-21-24)23(2)12-19(25)22-17-6-4-3-5-7-17/h3-11,13-15H,12H2,1-2H3,(H,22,25)/t15-/m0/s1. The molecular formula is C19H21N5O. The molecule has 1 atom stereocenters. The number of aromatic nitrogens is 3. The van der Waals surface area contributed by atoms with Crippen LogP contribution in [-0.4, -0.2) is 39.2 Å². The summed E-state index contributed by atoms with van der Waals surface area (Å²) in [4.78, 5) is 18.2. The van der Waals surface area contributed by atoms with Gasteiger partial charge in [-0.3, -0.25) is 9.69 Å². The molecule has 1 aromatic heterocycles. The Balaban J connectivity index is 1.60. The molecule has 128 valence electrons. The molecule has 0 unspecified atom stereocenters. The van der Waals surface area contributed by atoms with E-state index in [0.29, 0.717) is 6.54 Å². The fourth-order valence-corrected chi connectivity index (χ4v) is 2.59. The van der Waals surface area contributed by atoms with Crippen LogP contribution in [0, 0.1) is 0 Å². The molecule has 0 bridgehead atoms. The SMILES string of the molecule is C[C@@H](c1ccc(-n2cncn2)cc1)N(C)CC(=O)Nc1ccccc1. The summed E-state index contributed by atoms with van der Waals surface area (Å²) in [5, 5.41) is 7.03. The first-order valence-electron chi connectivity index (χ1n) is 8.13. The number of amides is 1. The minimum atomic E-state index is -0.0280. The van der Waals surface area contributed by atoms with E-state index in [-0.39, 0.29) is 11.9 Å². The zero-order valence-corrected chi connectivity index (χ0v) is 14.3. The van der Waals surface area contributed by atoms with Gasteiger partial charge in [0.25, 0.3) is 0 Å². The molecule has 0 fully saturated rings. The van der Waals surface area contributed by atoms with Gasteiger partial charge < -0.3 is 5.32 Å². The van der Waals surface area contributed by atoms with Crippen LogP contribution in [0.15, 0.2) is 67.3 Å². The summed E-state index contributed by atoms with van der Waals surface area (Å²) in [6.45, 7) is 2.40. The van der Waals surface area contributed by atoms with Gasteiger partial charge in [0, 0.05) is 11.7 Å². The van der Waals surface area contributed by atoms with Crippen molar-refractivity contribution in [3.8, 4) is 5.69 Å². The van der Waals surface area contributed by atoms with E-state index in [1.807, 2.05) is 66.5 Å². The number of anilines is 1. The second-order valence-electron chi connectivity index (χ2n) is 5.94. The lowest BCUT2D eigenvalue weighted by molar-refractivity contribution is -0.117. The van der Waals surface area contributed by atoms with Crippen molar-refractivity contribution in [1.82, 2.24) is 19.7 Å². The third kappa shape index (κ3) is 4.30. The first kappa shape index (κ1) is 16.9. The second-order valence-corrected chi connectivity index (χ2v) is 5.94. The average Bonchev–Trinajstić information content (AvgIpc) is 3.16. The molecule has 0 spiro atoms. The topological polar surface area (TPSA) is 63.1 Å². The summed E-state index contributed by atoms with van der Waals surface area (Å²) >= 11 is 0. The third-order valence-electron chi connectivity index (χ3n) is 4.17. The number of benzene rings is 2. The molecule has 1 heterocycles. The summed E-state index contributed by atoms with van der Waals surface area (Å²) in [5.74, 6) is -0.0280. The second kappa shape index (κ2) is 7.72. The summed E-state index contributed by atoms with van der Waals surface area (Å²) in [6, 6.07) is 17.7. The van der Waals surface area contributed by atoms with Gasteiger partial charge in [0.15, 0.2) is 0 Å². The van der Waals surface area contributed by atoms with Crippen molar-refractivity contribution < 1.29 is 4.79 Å². The smallest absolute Gasteiger partial charge is 0.238 e. The number of carbonyl (C=O) groups is 1. The minimum Gasteiger partial charge on any atom is -0.325 e. The summed E-state index contributed by atoms with van der Waals surface area (Å²) in [7, 11) is 1.95. The fourth-order valence-electron chi connectivity index (χ4n) is 2.59. The molecule has 0 aliphatic carbocycles. The van der Waals surface area contributed by atoms with Crippen LogP contribution < -0.4 is 5.32 Å². The van der Waals surface area contributed by atoms with E-state index in [9.17, 15) is 4.79 Å². The molecule has 0 saturated heterocycles. The van der Waals surface area contributed by atoms with Crippen molar-refractivity contribution in [3.63, 3.8) is 0 Å². The molecular weight excluding hydrogens is 314 g/mol. The first-order chi connectivity index (χ1) is 12.1. The van der Waals surface area contributed by atoms with Crippen LogP contribution in [0.4, 0.5) is 5.69 Å². The maximum Gasteiger partial charge on any atom is 0.238 e. The Morgan fingerprint density at radius 1 is 1.16 bits per heavy atom. The maximum atomic E-state index is 12.2. The van der Waals surface area contributed by atoms with Crippen molar-refractivity contribution in [2.45, 2.75) is 13.0 Å². The highest BCUT2D eigenvalue weighted by Crippen LogP contribution is 2.20. The van der Waals surface area contributed by atoms with Crippen molar-refractivity contribution in [2.24, 2.45) is 0 Å². The Bertz CT molecular complexity index is 800. The van der Waals surface area contributed by atoms with E-state index in [2.05, 4.69) is 22.3 Å². The van der Waals surface area contributed by atoms with Crippen molar-refractivity contribution in [2.75, 3.05) is 18.9 Å². The normalized spacial score (nSPS) is 12.1. The van der Waals surface area contributed by atoms with Crippen LogP contribution in [0.2, 0.25) is 0 Å². The van der Waals surface area contributed by atoms with Crippen LogP contribution in [0.25, 0.3) is 5.69 Å². The van der Waals surface area contributed by atoms with E-state index in [1.165, 1.54) is 6.33 Å². The summed E-state index contributed by atoms with van der Waals surface area (Å²) < 4.78 is 1.71. The number of likely N-dealkylation sites (N-methyl/N-ethyl adjacent to an activating group) is 1. The minimum absolute atomic E-state index is 0.0280. The van der Waals surface area contributed by atoms with E-state index in [4.69, 9.17) is 0 Å². The van der Waals surface area contributed by atoms with Crippen LogP contribution in [-0.2, 0) is 4.79 Å². The molecule has 3 aromatic rings. The Morgan fingerprint density at radius 2 is 1.88 bits per heavy atom. The number of para-hydroxylation sites is 1. The lowest BCUT2D eigenvalue weighted by atomic mass is 10.1. The maximum absolute atomic E-state index is 12.2. The van der Waals surface area contributed by atoms with E-state index < -0.39 is 0 Å². The summed E-state index contributed by atoms with van der Waals surface area (Å²) in [6.07, 6.45) is 3.17. The number of nitrogens with one attached hydrogen (secondary N) is 1. The van der Waals surface area contributed by atoms with E-state index in [1.54, 1.807) is 11.0 Å². The van der Waals surface area contributed by atoms with Gasteiger partial charge in [-0.15, -0.1) is 0 Å². The average molecular weight is 335 g/mol. The highest BCUT2D eigenvalue weighted by Gasteiger charge is 2.15. The van der Waals surface area contributed by atoms with E-state index >= 15 is 0 Å². The van der Waals surface area contributed by atoms with Gasteiger partial charge in [-0.1, -0.05) is 30.3 Å². The van der Waals surface area contributed by atoms with Crippen molar-refractivity contribution in [3.05, 3.63) is 72.8 Å². The molecule has 0 saturated carbocycles. The lowest BCUT2D eigenvalue weighted by Crippen LogP contribution is -2.32. The molecule has 6 nitrogen and oxygen atoms in total. The summed E-state index contributed by atoms with van der Waals surface area (Å²) in [5.41, 5.74) is 2.91. The van der Waals surface area contributed by atoms with Gasteiger partial charge in [-0.2, -0.15) is 5.10 Å². The number of carbonyl (C=O) groups excluding carboxylic acids is 1. The zero-order valence-electron chi connectivity index (χ0n) is 14.3. The molecule has 3 rings (SSSR count). The van der Waals surface area contributed by atoms with Crippen LogP contribution >= 0.6 is 0 Å². The number of nitrogens with zero attached hydrogens (tertiary/aromatic N) is 4. The Hall–Kier alpha value is -2.99. The Labute approximate surface area is 147 Å². The molecule has 0 aliphatic rings. The van der Waals surface area contributed by atoms with Crippen molar-refractivity contribution >= 4 is 11.6 Å². The lowest BCUT2D eigenvalue weighted by Gasteiger charge is -2.24. The van der Waals surface area contributed by atoms with Gasteiger partial charge in [0.05, 0.1) is 12.2 Å². The molecule has 2 aromatic carbocycles. The van der Waals surface area contributed by atoms with Crippen LogP contribution in [0.3, 0.4) is 0 Å². The monoisotopic (exact) mass is 335 g/mol. The highest BCUT2D eigenvalue weighted by atomic mass is 16.2. The Morgan fingerprint density at radius 3 is 2.52 bits per heavy atom. The third-order valence-corrected chi connectivity index (χ3v) is 4.17. The largest absolute Gasteiger partial charge is 0.325 e. The number of rotatable bonds is 6. The number of hydrogen-bond donors (Lipinski definition) is 1. The zero-order chi connectivity index (χ0) is 17.6. The Kier molecular flexibility index (Phi) is 5.20. The van der Waals surface area contributed by atoms with Gasteiger partial charge in [-0.25, -0.2) is 9.67 Å². The van der Waals surface area contributed by atoms with Crippen LogP contribution in [0.5, 0.6) is 0 Å². The predicted octanol–water partition coefficient (Wildman–Crippen LogP) is 2.90. The van der Waals surface area contributed by atoms with Gasteiger partial charge >= 0.3 is 0 Å². The predicted molar refractivity (Wildman–Crippen MR) is 97.5 cm³/mol. The van der Waals surface area contributed by atoms with Crippen LogP contribution in [0.1, 0.15) is 18.5 Å². The van der Waals surface area contributed by atoms with Gasteiger partial charge in [0.2, 0.25) is 5.91 Å². The molecule has 1 amide bonds. The van der Waals surface area contributed by atoms with Gasteiger partial charge in [0.1, 0.15) is 12.7 Å². The fraction of sp³-hybridized carbons (Fsp3) is 0.211. The quantitative estimate of drug-likeness (QED) is 0.752. The molecule has 0 radical (unpaired) electrons. The number of hydrogen-bond acceptors (Lipinski definition) is 4. The molecule has 0 aliphatic heterocycles. The molecule has 25 heavy (non-hydrogen) atoms. The first-order valence-corrected chi connectivity index (χ1v) is 8.13. The van der Waals surface area contributed by atoms with Gasteiger partial charge in [-0.05, 0) is 43.8 Å². The molecule has 6 heteroatoms.